The van der Waals surface area contributed by atoms with Gasteiger partial charge in [-0.2, -0.15) is 0 Å². The Hall–Kier alpha value is -0.160. The number of nitrogens with zero attached hydrogens (tertiary/aromatic N) is 4. The van der Waals surface area contributed by atoms with Crippen LogP contribution in [-0.4, -0.2) is 114 Å². The van der Waals surface area contributed by atoms with Crippen molar-refractivity contribution < 1.29 is 8.97 Å². The second kappa shape index (κ2) is 20.1. The molecule has 0 saturated carbocycles. The lowest BCUT2D eigenvalue weighted by atomic mass is 10.1. The highest BCUT2D eigenvalue weighted by Crippen LogP contribution is 2.13. The maximum atomic E-state index is 2.43. The van der Waals surface area contributed by atoms with E-state index in [-0.39, 0.29) is 0 Å². The summed E-state index contributed by atoms with van der Waals surface area (Å²) < 4.78 is 2.44. The molecule has 0 aliphatic heterocycles. The second-order valence-corrected chi connectivity index (χ2v) is 12.7. The maximum absolute atomic E-state index is 2.43. The molecule has 33 heavy (non-hydrogen) atoms. The van der Waals surface area contributed by atoms with Gasteiger partial charge >= 0.3 is 0 Å². The van der Waals surface area contributed by atoms with Crippen molar-refractivity contribution in [2.24, 2.45) is 0 Å². The summed E-state index contributed by atoms with van der Waals surface area (Å²) in [4.78, 5) is 4.60. The van der Waals surface area contributed by atoms with Gasteiger partial charge in [-0.1, -0.05) is 32.1 Å². The molecule has 0 radical (unpaired) electrons. The molecule has 0 bridgehead atoms. The first kappa shape index (κ1) is 32.8. The molecule has 0 spiro atoms. The van der Waals surface area contributed by atoms with Crippen molar-refractivity contribution in [2.75, 3.05) is 95.6 Å². The van der Waals surface area contributed by atoms with Gasteiger partial charge in [0, 0.05) is 0 Å². The summed E-state index contributed by atoms with van der Waals surface area (Å²) in [6.45, 7) is 7.91. The summed E-state index contributed by atoms with van der Waals surface area (Å²) in [6, 6.07) is 0. The van der Waals surface area contributed by atoms with Crippen LogP contribution in [-0.2, 0) is 0 Å². The molecular formula is C29H66N4+2. The van der Waals surface area contributed by atoms with E-state index in [1.165, 1.54) is 145 Å². The molecule has 0 rings (SSSR count). The fourth-order valence-electron chi connectivity index (χ4n) is 4.83. The Kier molecular flexibility index (Phi) is 20.0. The fraction of sp³-hybridized carbons (Fsp3) is 1.00. The van der Waals surface area contributed by atoms with Gasteiger partial charge in [0.05, 0.1) is 54.4 Å². The zero-order valence-electron chi connectivity index (χ0n) is 24.6. The van der Waals surface area contributed by atoms with Crippen LogP contribution < -0.4 is 0 Å². The third-order valence-electron chi connectivity index (χ3n) is 7.26. The molecule has 0 atom stereocenters. The predicted molar refractivity (Wildman–Crippen MR) is 150 cm³/mol. The molecular weight excluding hydrogens is 404 g/mol. The average Bonchev–Trinajstić information content (AvgIpc) is 2.71. The molecule has 0 saturated heterocycles. The Bertz CT molecular complexity index is 380. The molecule has 4 nitrogen and oxygen atoms in total. The number of unbranched alkanes of at least 4 members (excludes halogenated alkanes) is 12. The highest BCUT2D eigenvalue weighted by molar-refractivity contribution is 4.51. The third kappa shape index (κ3) is 24.8. The number of hydrogen-bond donors (Lipinski definition) is 0. The van der Waals surface area contributed by atoms with E-state index in [1.807, 2.05) is 0 Å². The predicted octanol–water partition coefficient (Wildman–Crippen LogP) is 6.11. The van der Waals surface area contributed by atoms with E-state index in [4.69, 9.17) is 0 Å². The molecule has 0 fully saturated rings. The van der Waals surface area contributed by atoms with Crippen LogP contribution in [0.1, 0.15) is 96.3 Å². The zero-order chi connectivity index (χ0) is 25.0. The largest absolute Gasteiger partial charge is 0.328 e. The number of quaternary nitrogens is 2. The van der Waals surface area contributed by atoms with E-state index in [0.717, 1.165) is 0 Å². The van der Waals surface area contributed by atoms with Gasteiger partial charge in [0.1, 0.15) is 0 Å². The molecule has 0 aliphatic carbocycles. The Morgan fingerprint density at radius 3 is 0.788 bits per heavy atom. The van der Waals surface area contributed by atoms with Crippen LogP contribution in [0, 0.1) is 0 Å². The van der Waals surface area contributed by atoms with Gasteiger partial charge in [0.25, 0.3) is 0 Å². The third-order valence-corrected chi connectivity index (χ3v) is 7.26. The minimum atomic E-state index is 1.22. The van der Waals surface area contributed by atoms with Gasteiger partial charge < -0.3 is 18.8 Å². The standard InChI is InChI=1S/C29H66N4/c1-30(2)24-18-12-16-22-28-32(5,6)26-20-14-10-9-11-15-21-27-33(7,8)29-23-17-13-19-25-31(3)4/h9-29H2,1-8H3/q+2. The SMILES string of the molecule is CN(C)CCCCCC[N+](C)(C)CCCCCCCCC[N+](C)(C)CCCCCCN(C)C. The first-order chi connectivity index (χ1) is 15.5. The first-order valence-corrected chi connectivity index (χ1v) is 14.5. The second-order valence-electron chi connectivity index (χ2n) is 12.7. The van der Waals surface area contributed by atoms with Crippen molar-refractivity contribution >= 4 is 0 Å². The molecule has 0 unspecified atom stereocenters. The van der Waals surface area contributed by atoms with Crippen molar-refractivity contribution in [1.82, 2.24) is 9.80 Å². The average molecular weight is 471 g/mol. The molecule has 0 aromatic rings. The summed E-state index contributed by atoms with van der Waals surface area (Å²) >= 11 is 0. The number of rotatable bonds is 24. The normalized spacial score (nSPS) is 12.9. The van der Waals surface area contributed by atoms with Gasteiger partial charge in [0.2, 0.25) is 0 Å². The van der Waals surface area contributed by atoms with Crippen molar-refractivity contribution in [3.8, 4) is 0 Å². The molecule has 0 heterocycles. The highest BCUT2D eigenvalue weighted by atomic mass is 15.3. The van der Waals surface area contributed by atoms with E-state index in [9.17, 15) is 0 Å². The van der Waals surface area contributed by atoms with E-state index in [2.05, 4.69) is 66.2 Å². The van der Waals surface area contributed by atoms with Crippen LogP contribution in [0.15, 0.2) is 0 Å². The van der Waals surface area contributed by atoms with E-state index < -0.39 is 0 Å². The summed E-state index contributed by atoms with van der Waals surface area (Å²) in [5, 5.41) is 0. The van der Waals surface area contributed by atoms with Crippen LogP contribution in [0.5, 0.6) is 0 Å². The molecule has 0 aliphatic rings. The zero-order valence-corrected chi connectivity index (χ0v) is 24.6. The van der Waals surface area contributed by atoms with Crippen molar-refractivity contribution in [1.29, 1.82) is 0 Å². The molecule has 0 N–H and O–H groups in total. The number of hydrogen-bond acceptors (Lipinski definition) is 2. The van der Waals surface area contributed by atoms with Gasteiger partial charge in [-0.15, -0.1) is 0 Å². The lowest BCUT2D eigenvalue weighted by Gasteiger charge is -2.30. The fourth-order valence-corrected chi connectivity index (χ4v) is 4.83. The lowest BCUT2D eigenvalue weighted by molar-refractivity contribution is -0.890. The lowest BCUT2D eigenvalue weighted by Crippen LogP contribution is -2.41. The summed E-state index contributed by atoms with van der Waals surface area (Å²) in [5.74, 6) is 0. The molecule has 0 aromatic heterocycles. The molecule has 0 aromatic carbocycles. The highest BCUT2D eigenvalue weighted by Gasteiger charge is 2.14. The molecule has 4 heteroatoms. The van der Waals surface area contributed by atoms with Gasteiger partial charge in [0.15, 0.2) is 0 Å². The maximum Gasteiger partial charge on any atom is 0.0782 e. The minimum Gasteiger partial charge on any atom is -0.328 e. The quantitative estimate of drug-likeness (QED) is 0.124. The van der Waals surface area contributed by atoms with Crippen molar-refractivity contribution in [3.63, 3.8) is 0 Å². The van der Waals surface area contributed by atoms with Gasteiger partial charge in [-0.3, -0.25) is 0 Å². The topological polar surface area (TPSA) is 6.48 Å². The Balaban J connectivity index is 3.52. The van der Waals surface area contributed by atoms with Crippen LogP contribution in [0.3, 0.4) is 0 Å². The van der Waals surface area contributed by atoms with E-state index >= 15 is 0 Å². The van der Waals surface area contributed by atoms with Crippen molar-refractivity contribution in [3.05, 3.63) is 0 Å². The monoisotopic (exact) mass is 471 g/mol. The van der Waals surface area contributed by atoms with Crippen LogP contribution in [0.25, 0.3) is 0 Å². The van der Waals surface area contributed by atoms with Crippen LogP contribution in [0.2, 0.25) is 0 Å². The Morgan fingerprint density at radius 1 is 0.333 bits per heavy atom. The van der Waals surface area contributed by atoms with E-state index in [1.54, 1.807) is 0 Å². The van der Waals surface area contributed by atoms with Crippen LogP contribution in [0.4, 0.5) is 0 Å². The van der Waals surface area contributed by atoms with Gasteiger partial charge in [-0.05, 0) is 105 Å². The smallest absolute Gasteiger partial charge is 0.0782 e. The van der Waals surface area contributed by atoms with Crippen molar-refractivity contribution in [2.45, 2.75) is 96.3 Å². The molecule has 0 amide bonds. The summed E-state index contributed by atoms with van der Waals surface area (Å²) in [5.41, 5.74) is 0. The van der Waals surface area contributed by atoms with Gasteiger partial charge in [-0.25, -0.2) is 0 Å². The van der Waals surface area contributed by atoms with E-state index in [0.29, 0.717) is 0 Å². The first-order valence-electron chi connectivity index (χ1n) is 14.5. The van der Waals surface area contributed by atoms with Crippen LogP contribution >= 0.6 is 0 Å². The Labute approximate surface area is 210 Å². The summed E-state index contributed by atoms with van der Waals surface area (Å²) in [7, 11) is 18.4. The molecule has 200 valence electrons. The Morgan fingerprint density at radius 2 is 0.545 bits per heavy atom. The summed E-state index contributed by atoms with van der Waals surface area (Å²) in [6.07, 6.45) is 21.1. The minimum absolute atomic E-state index is 1.22.